The van der Waals surface area contributed by atoms with Crippen molar-refractivity contribution >= 4 is 17.9 Å². The van der Waals surface area contributed by atoms with Gasteiger partial charge in [0.15, 0.2) is 0 Å². The topological polar surface area (TPSA) is 173 Å². The molecule has 0 aromatic rings. The zero-order valence-electron chi connectivity index (χ0n) is 10.6. The van der Waals surface area contributed by atoms with E-state index >= 15 is 0 Å². The van der Waals surface area contributed by atoms with E-state index in [0.717, 1.165) is 20.8 Å². The van der Waals surface area contributed by atoms with Crippen molar-refractivity contribution in [1.29, 1.82) is 0 Å². The van der Waals surface area contributed by atoms with Crippen LogP contribution in [-0.2, 0) is 14.4 Å². The molecule has 0 aliphatic rings. The molecule has 0 aliphatic heterocycles. The van der Waals surface area contributed by atoms with Gasteiger partial charge in [0, 0.05) is 27.2 Å². The van der Waals surface area contributed by atoms with Gasteiger partial charge in [0.25, 0.3) is 23.9 Å². The average Bonchev–Trinajstić information content (AvgIpc) is 1.99. The van der Waals surface area contributed by atoms with Crippen LogP contribution >= 0.6 is 0 Å². The minimum absolute atomic E-state index is 0.0625. The Balaban J connectivity index is -0.0000000742. The summed E-state index contributed by atoms with van der Waals surface area (Å²) in [4.78, 5) is 27.0. The Bertz CT molecular complexity index is 188. The molecule has 0 amide bonds. The molecule has 0 saturated carbocycles. The fraction of sp³-hybridized carbons (Fsp3) is 0.667. The van der Waals surface area contributed by atoms with Crippen molar-refractivity contribution in [2.24, 2.45) is 0 Å². The summed E-state index contributed by atoms with van der Waals surface area (Å²) in [6, 6.07) is 0. The van der Waals surface area contributed by atoms with E-state index in [1.54, 1.807) is 0 Å². The zero-order valence-corrected chi connectivity index (χ0v) is 10.6. The minimum Gasteiger partial charge on any atom is -0.481 e. The predicted molar refractivity (Wildman–Crippen MR) is 59.6 cm³/mol. The van der Waals surface area contributed by atoms with Gasteiger partial charge in [0.1, 0.15) is 0 Å². The van der Waals surface area contributed by atoms with Crippen molar-refractivity contribution in [1.82, 2.24) is 0 Å². The molecule has 18 heavy (non-hydrogen) atoms. The molecule has 110 valence electrons. The van der Waals surface area contributed by atoms with Crippen molar-refractivity contribution < 1.29 is 45.0 Å². The van der Waals surface area contributed by atoms with Crippen molar-refractivity contribution in [3.8, 4) is 0 Å². The highest BCUT2D eigenvalue weighted by atomic mass is 16.7. The van der Waals surface area contributed by atoms with E-state index in [1.165, 1.54) is 6.92 Å². The molecule has 0 heterocycles. The number of rotatable bonds is 1. The van der Waals surface area contributed by atoms with Crippen LogP contribution in [0, 0.1) is 0 Å². The summed E-state index contributed by atoms with van der Waals surface area (Å²) in [5, 5.41) is 46.1. The van der Waals surface area contributed by atoms with Gasteiger partial charge >= 0.3 is 0 Å². The number of hydrogen-bond acceptors (Lipinski definition) is 6. The maximum atomic E-state index is 9.00. The number of hydrogen-bond donors (Lipinski definition) is 6. The normalized spacial score (nSPS) is 8.17. The fourth-order valence-electron chi connectivity index (χ4n) is 0. The summed E-state index contributed by atoms with van der Waals surface area (Å²) in [5.41, 5.74) is 0. The highest BCUT2D eigenvalue weighted by molar-refractivity contribution is 5.63. The second-order valence-electron chi connectivity index (χ2n) is 2.68. The lowest BCUT2D eigenvalue weighted by atomic mass is 10.4. The summed E-state index contributed by atoms with van der Waals surface area (Å²) in [5.74, 6) is -4.96. The molecule has 0 aliphatic carbocycles. The maximum Gasteiger partial charge on any atom is 0.300 e. The molecule has 0 atom stereocenters. The molecule has 9 nitrogen and oxygen atoms in total. The van der Waals surface area contributed by atoms with Gasteiger partial charge in [-0.15, -0.1) is 0 Å². The van der Waals surface area contributed by atoms with E-state index in [4.69, 9.17) is 45.0 Å². The van der Waals surface area contributed by atoms with Gasteiger partial charge in [-0.25, -0.2) is 0 Å². The van der Waals surface area contributed by atoms with Crippen LogP contribution in [0.15, 0.2) is 0 Å². The molecule has 0 saturated heterocycles. The molecule has 0 aromatic heterocycles. The molecular formula is C9H20O9. The number of carbonyl (C=O) groups is 3. The minimum atomic E-state index is -2.46. The SMILES string of the molecule is CC(=O)O.CC(=O)O.CC(=O)O.CCC(O)(O)O. The van der Waals surface area contributed by atoms with E-state index in [2.05, 4.69) is 0 Å². The van der Waals surface area contributed by atoms with E-state index < -0.39 is 23.9 Å². The highest BCUT2D eigenvalue weighted by Gasteiger charge is 2.11. The summed E-state index contributed by atoms with van der Waals surface area (Å²) in [6.07, 6.45) is -0.0625. The molecule has 0 rings (SSSR count). The molecule has 0 spiro atoms. The third kappa shape index (κ3) is 1520. The Morgan fingerprint density at radius 1 is 0.778 bits per heavy atom. The summed E-state index contributed by atoms with van der Waals surface area (Å²) in [6.45, 7) is 4.71. The third-order valence-corrected chi connectivity index (χ3v) is 0.474. The van der Waals surface area contributed by atoms with Crippen molar-refractivity contribution in [3.63, 3.8) is 0 Å². The van der Waals surface area contributed by atoms with E-state index in [1.807, 2.05) is 0 Å². The first-order chi connectivity index (χ1) is 7.76. The van der Waals surface area contributed by atoms with Gasteiger partial charge in [0.05, 0.1) is 0 Å². The monoisotopic (exact) mass is 272 g/mol. The van der Waals surface area contributed by atoms with Crippen LogP contribution in [0.3, 0.4) is 0 Å². The third-order valence-electron chi connectivity index (χ3n) is 0.474. The largest absolute Gasteiger partial charge is 0.481 e. The second-order valence-corrected chi connectivity index (χ2v) is 2.68. The van der Waals surface area contributed by atoms with Gasteiger partial charge in [-0.05, 0) is 0 Å². The molecule has 0 bridgehead atoms. The highest BCUT2D eigenvalue weighted by Crippen LogP contribution is 1.95. The van der Waals surface area contributed by atoms with Crippen LogP contribution in [0.25, 0.3) is 0 Å². The molecule has 0 unspecified atom stereocenters. The van der Waals surface area contributed by atoms with Gasteiger partial charge < -0.3 is 30.6 Å². The molecule has 0 aromatic carbocycles. The molecule has 0 radical (unpaired) electrons. The predicted octanol–water partition coefficient (Wildman–Crippen LogP) is -0.700. The first-order valence-corrected chi connectivity index (χ1v) is 4.51. The molecule has 0 fully saturated rings. The maximum absolute atomic E-state index is 9.00. The number of aliphatic hydroxyl groups is 3. The first-order valence-electron chi connectivity index (χ1n) is 4.51. The van der Waals surface area contributed by atoms with Crippen molar-refractivity contribution in [2.75, 3.05) is 0 Å². The quantitative estimate of drug-likeness (QED) is 0.337. The lowest BCUT2D eigenvalue weighted by Gasteiger charge is -2.08. The van der Waals surface area contributed by atoms with Crippen LogP contribution < -0.4 is 0 Å². The summed E-state index contributed by atoms with van der Waals surface area (Å²) >= 11 is 0. The molecule has 6 N–H and O–H groups in total. The van der Waals surface area contributed by atoms with Crippen LogP contribution in [-0.4, -0.2) is 54.5 Å². The first kappa shape index (κ1) is 25.2. The Morgan fingerprint density at radius 2 is 0.833 bits per heavy atom. The number of carboxylic acid groups (broad SMARTS) is 3. The van der Waals surface area contributed by atoms with E-state index in [0.29, 0.717) is 0 Å². The Kier molecular flexibility index (Phi) is 21.4. The summed E-state index contributed by atoms with van der Waals surface area (Å²) < 4.78 is 0. The standard InChI is InChI=1S/C3H8O3.3C2H4O2/c1-2-3(4,5)6;3*1-2(3)4/h4-6H,2H2,1H3;3*1H3,(H,3,4). The average molecular weight is 272 g/mol. The number of carboxylic acids is 3. The van der Waals surface area contributed by atoms with Gasteiger partial charge in [-0.2, -0.15) is 0 Å². The van der Waals surface area contributed by atoms with Crippen molar-refractivity contribution in [2.45, 2.75) is 40.1 Å². The smallest absolute Gasteiger partial charge is 0.300 e. The second kappa shape index (κ2) is 15.3. The van der Waals surface area contributed by atoms with E-state index in [9.17, 15) is 0 Å². The zero-order chi connectivity index (χ0) is 15.9. The van der Waals surface area contributed by atoms with Crippen molar-refractivity contribution in [3.05, 3.63) is 0 Å². The van der Waals surface area contributed by atoms with Gasteiger partial charge in [-0.3, -0.25) is 14.4 Å². The van der Waals surface area contributed by atoms with Crippen LogP contribution in [0.2, 0.25) is 0 Å². The Labute approximate surface area is 104 Å². The van der Waals surface area contributed by atoms with Gasteiger partial charge in [-0.1, -0.05) is 6.92 Å². The Hall–Kier alpha value is -1.71. The molecular weight excluding hydrogens is 252 g/mol. The fourth-order valence-corrected chi connectivity index (χ4v) is 0. The van der Waals surface area contributed by atoms with E-state index in [-0.39, 0.29) is 6.42 Å². The lowest BCUT2D eigenvalue weighted by Crippen LogP contribution is -2.24. The summed E-state index contributed by atoms with van der Waals surface area (Å²) in [7, 11) is 0. The molecule has 9 heteroatoms. The lowest BCUT2D eigenvalue weighted by molar-refractivity contribution is -0.312. The number of aliphatic carboxylic acids is 3. The van der Waals surface area contributed by atoms with Crippen LogP contribution in [0.5, 0.6) is 0 Å². The Morgan fingerprint density at radius 3 is 0.833 bits per heavy atom. The van der Waals surface area contributed by atoms with Crippen LogP contribution in [0.4, 0.5) is 0 Å². The van der Waals surface area contributed by atoms with Gasteiger partial charge in [0.2, 0.25) is 0 Å². The van der Waals surface area contributed by atoms with Crippen LogP contribution in [0.1, 0.15) is 34.1 Å².